The first-order valence-electron chi connectivity index (χ1n) is 9.43. The third kappa shape index (κ3) is 5.54. The average Bonchev–Trinajstić information content (AvgIpc) is 2.74. The number of rotatable bonds is 8. The standard InChI is InChI=1S/C20H24FN3O5S/c1-28-10-7-22-30(26,27)17-4-2-3-15(13-17)20(25)23-16-5-6-19(18(21)14-16)24-8-11-29-12-9-24/h2-6,13-14,22H,7-12H2,1H3,(H,23,25). The number of carbonyl (C=O) groups excluding carboxylic acids is 1. The highest BCUT2D eigenvalue weighted by molar-refractivity contribution is 7.89. The Kier molecular flexibility index (Phi) is 7.38. The summed E-state index contributed by atoms with van der Waals surface area (Å²) in [5.41, 5.74) is 0.870. The molecule has 0 radical (unpaired) electrons. The predicted octanol–water partition coefficient (Wildman–Crippen LogP) is 1.84. The van der Waals surface area contributed by atoms with Crippen molar-refractivity contribution in [2.45, 2.75) is 4.90 Å². The first kappa shape index (κ1) is 22.2. The number of hydrogen-bond acceptors (Lipinski definition) is 6. The molecule has 0 aliphatic carbocycles. The molecule has 0 saturated carbocycles. The van der Waals surface area contributed by atoms with Crippen LogP contribution in [0.15, 0.2) is 47.4 Å². The highest BCUT2D eigenvalue weighted by Gasteiger charge is 2.18. The van der Waals surface area contributed by atoms with E-state index in [1.165, 1.54) is 37.4 Å². The molecule has 0 atom stereocenters. The van der Waals surface area contributed by atoms with Gasteiger partial charge in [-0.25, -0.2) is 17.5 Å². The summed E-state index contributed by atoms with van der Waals surface area (Å²) in [4.78, 5) is 14.4. The molecular weight excluding hydrogens is 413 g/mol. The Morgan fingerprint density at radius 2 is 1.97 bits per heavy atom. The largest absolute Gasteiger partial charge is 0.383 e. The minimum absolute atomic E-state index is 0.0416. The molecular formula is C20H24FN3O5S. The second kappa shape index (κ2) is 9.98. The van der Waals surface area contributed by atoms with Crippen molar-refractivity contribution in [3.63, 3.8) is 0 Å². The fourth-order valence-electron chi connectivity index (χ4n) is 3.01. The number of anilines is 2. The summed E-state index contributed by atoms with van der Waals surface area (Å²) in [7, 11) is -2.30. The minimum Gasteiger partial charge on any atom is -0.383 e. The van der Waals surface area contributed by atoms with Gasteiger partial charge in [-0.1, -0.05) is 6.07 Å². The zero-order valence-electron chi connectivity index (χ0n) is 16.6. The monoisotopic (exact) mass is 437 g/mol. The quantitative estimate of drug-likeness (QED) is 0.612. The lowest BCUT2D eigenvalue weighted by molar-refractivity contribution is 0.102. The Morgan fingerprint density at radius 1 is 1.20 bits per heavy atom. The lowest BCUT2D eigenvalue weighted by atomic mass is 10.2. The van der Waals surface area contributed by atoms with Crippen LogP contribution in [0.4, 0.5) is 15.8 Å². The van der Waals surface area contributed by atoms with Gasteiger partial charge in [-0.05, 0) is 36.4 Å². The number of methoxy groups -OCH3 is 1. The summed E-state index contributed by atoms with van der Waals surface area (Å²) < 4.78 is 51.6. The van der Waals surface area contributed by atoms with Gasteiger partial charge in [0, 0.05) is 38.0 Å². The molecule has 8 nitrogen and oxygen atoms in total. The van der Waals surface area contributed by atoms with Gasteiger partial charge in [0.05, 0.1) is 30.4 Å². The molecule has 1 heterocycles. The molecule has 1 fully saturated rings. The first-order chi connectivity index (χ1) is 14.4. The van der Waals surface area contributed by atoms with Gasteiger partial charge in [-0.15, -0.1) is 0 Å². The molecule has 10 heteroatoms. The second-order valence-electron chi connectivity index (χ2n) is 6.64. The smallest absolute Gasteiger partial charge is 0.255 e. The van der Waals surface area contributed by atoms with E-state index in [2.05, 4.69) is 10.0 Å². The van der Waals surface area contributed by atoms with Gasteiger partial charge < -0.3 is 19.7 Å². The zero-order chi connectivity index (χ0) is 21.6. The number of ether oxygens (including phenoxy) is 2. The van der Waals surface area contributed by atoms with Crippen LogP contribution >= 0.6 is 0 Å². The fourth-order valence-corrected chi connectivity index (χ4v) is 4.07. The molecule has 0 bridgehead atoms. The van der Waals surface area contributed by atoms with Crippen molar-refractivity contribution in [1.29, 1.82) is 0 Å². The van der Waals surface area contributed by atoms with Crippen LogP contribution in [0.25, 0.3) is 0 Å². The number of nitrogens with zero attached hydrogens (tertiary/aromatic N) is 1. The Morgan fingerprint density at radius 3 is 2.67 bits per heavy atom. The van der Waals surface area contributed by atoms with E-state index in [-0.39, 0.29) is 29.3 Å². The Hall–Kier alpha value is -2.53. The molecule has 1 saturated heterocycles. The number of amides is 1. The first-order valence-corrected chi connectivity index (χ1v) is 10.9. The molecule has 30 heavy (non-hydrogen) atoms. The van der Waals surface area contributed by atoms with E-state index in [1.54, 1.807) is 12.1 Å². The molecule has 2 N–H and O–H groups in total. The van der Waals surface area contributed by atoms with E-state index < -0.39 is 21.7 Å². The molecule has 3 rings (SSSR count). The van der Waals surface area contributed by atoms with Crippen LogP contribution in [-0.4, -0.2) is 60.9 Å². The van der Waals surface area contributed by atoms with E-state index in [4.69, 9.17) is 9.47 Å². The molecule has 2 aromatic rings. The normalized spacial score (nSPS) is 14.5. The molecule has 1 aliphatic heterocycles. The number of hydrogen-bond donors (Lipinski definition) is 2. The van der Waals surface area contributed by atoms with Crippen LogP contribution in [0.5, 0.6) is 0 Å². The van der Waals surface area contributed by atoms with Crippen LogP contribution in [0, 0.1) is 5.82 Å². The molecule has 0 unspecified atom stereocenters. The Labute approximate surface area is 175 Å². The van der Waals surface area contributed by atoms with Gasteiger partial charge in [-0.3, -0.25) is 4.79 Å². The van der Waals surface area contributed by atoms with Crippen LogP contribution in [-0.2, 0) is 19.5 Å². The van der Waals surface area contributed by atoms with Crippen molar-refractivity contribution >= 4 is 27.3 Å². The summed E-state index contributed by atoms with van der Waals surface area (Å²) in [6.45, 7) is 2.62. The lowest BCUT2D eigenvalue weighted by Crippen LogP contribution is -2.36. The van der Waals surface area contributed by atoms with Crippen LogP contribution in [0.1, 0.15) is 10.4 Å². The molecule has 1 amide bonds. The van der Waals surface area contributed by atoms with Crippen molar-refractivity contribution in [3.05, 3.63) is 53.8 Å². The van der Waals surface area contributed by atoms with Crippen molar-refractivity contribution in [3.8, 4) is 0 Å². The number of benzene rings is 2. The van der Waals surface area contributed by atoms with Crippen molar-refractivity contribution < 1.29 is 27.1 Å². The van der Waals surface area contributed by atoms with Gasteiger partial charge in [0.2, 0.25) is 10.0 Å². The maximum atomic E-state index is 14.5. The van der Waals surface area contributed by atoms with Gasteiger partial charge in [-0.2, -0.15) is 0 Å². The highest BCUT2D eigenvalue weighted by Crippen LogP contribution is 2.24. The predicted molar refractivity (Wildman–Crippen MR) is 111 cm³/mol. The third-order valence-corrected chi connectivity index (χ3v) is 6.02. The van der Waals surface area contributed by atoms with Crippen LogP contribution < -0.4 is 14.9 Å². The Bertz CT molecular complexity index is 994. The topological polar surface area (TPSA) is 97.0 Å². The molecule has 0 aromatic heterocycles. The van der Waals surface area contributed by atoms with Gasteiger partial charge in [0.15, 0.2) is 0 Å². The SMILES string of the molecule is COCCNS(=O)(=O)c1cccc(C(=O)Nc2ccc(N3CCOCC3)c(F)c2)c1. The Balaban J connectivity index is 1.71. The average molecular weight is 437 g/mol. The maximum absolute atomic E-state index is 14.5. The van der Waals surface area contributed by atoms with E-state index in [1.807, 2.05) is 4.90 Å². The van der Waals surface area contributed by atoms with E-state index in [0.717, 1.165) is 0 Å². The maximum Gasteiger partial charge on any atom is 0.255 e. The van der Waals surface area contributed by atoms with Crippen molar-refractivity contribution in [2.75, 3.05) is 56.8 Å². The highest BCUT2D eigenvalue weighted by atomic mass is 32.2. The van der Waals surface area contributed by atoms with Gasteiger partial charge in [0.25, 0.3) is 5.91 Å². The van der Waals surface area contributed by atoms with Gasteiger partial charge >= 0.3 is 0 Å². The van der Waals surface area contributed by atoms with E-state index in [9.17, 15) is 17.6 Å². The molecule has 2 aromatic carbocycles. The molecule has 1 aliphatic rings. The lowest BCUT2D eigenvalue weighted by Gasteiger charge is -2.29. The van der Waals surface area contributed by atoms with Crippen molar-refractivity contribution in [2.24, 2.45) is 0 Å². The van der Waals surface area contributed by atoms with E-state index >= 15 is 0 Å². The third-order valence-electron chi connectivity index (χ3n) is 4.56. The summed E-state index contributed by atoms with van der Waals surface area (Å²) in [6.07, 6.45) is 0. The number of halogens is 1. The number of morpholine rings is 1. The van der Waals surface area contributed by atoms with E-state index in [0.29, 0.717) is 32.0 Å². The molecule has 0 spiro atoms. The summed E-state index contributed by atoms with van der Waals surface area (Å²) in [5.74, 6) is -0.990. The van der Waals surface area contributed by atoms with Crippen molar-refractivity contribution in [1.82, 2.24) is 4.72 Å². The minimum atomic E-state index is -3.77. The van der Waals surface area contributed by atoms with Crippen LogP contribution in [0.3, 0.4) is 0 Å². The fraction of sp³-hybridized carbons (Fsp3) is 0.350. The number of nitrogens with one attached hydrogen (secondary N) is 2. The summed E-state index contributed by atoms with van der Waals surface area (Å²) in [6, 6.07) is 10.1. The summed E-state index contributed by atoms with van der Waals surface area (Å²) in [5, 5.41) is 2.60. The van der Waals surface area contributed by atoms with Crippen LogP contribution in [0.2, 0.25) is 0 Å². The number of sulfonamides is 1. The van der Waals surface area contributed by atoms with Gasteiger partial charge in [0.1, 0.15) is 5.82 Å². The summed E-state index contributed by atoms with van der Waals surface area (Å²) >= 11 is 0. The number of carbonyl (C=O) groups is 1. The second-order valence-corrected chi connectivity index (χ2v) is 8.41. The zero-order valence-corrected chi connectivity index (χ0v) is 17.4. The molecule has 162 valence electrons.